The van der Waals surface area contributed by atoms with Crippen LogP contribution in [0.15, 0.2) is 42.5 Å². The molecule has 8 nitrogen and oxygen atoms in total. The average Bonchev–Trinajstić information content (AvgIpc) is 2.84. The highest BCUT2D eigenvalue weighted by molar-refractivity contribution is 5.77. The number of nitro groups is 1. The smallest absolute Gasteiger partial charge is 0.272 e. The molecule has 0 unspecified atom stereocenters. The Labute approximate surface area is 201 Å². The summed E-state index contributed by atoms with van der Waals surface area (Å²) in [5, 5.41) is 14.5. The summed E-state index contributed by atoms with van der Waals surface area (Å²) in [5.41, 5.74) is 4.17. The average molecular weight is 467 g/mol. The summed E-state index contributed by atoms with van der Waals surface area (Å²) >= 11 is 0. The summed E-state index contributed by atoms with van der Waals surface area (Å²) in [5.74, 6) is 0.0742. The molecule has 8 heteroatoms. The van der Waals surface area contributed by atoms with Crippen LogP contribution < -0.4 is 10.2 Å². The van der Waals surface area contributed by atoms with Crippen LogP contribution in [0.2, 0.25) is 0 Å². The van der Waals surface area contributed by atoms with E-state index in [0.29, 0.717) is 11.6 Å². The zero-order chi connectivity index (χ0) is 24.1. The lowest BCUT2D eigenvalue weighted by atomic mass is 9.92. The molecule has 1 aliphatic heterocycles. The molecule has 1 heterocycles. The van der Waals surface area contributed by atoms with E-state index in [1.807, 2.05) is 11.0 Å². The lowest BCUT2D eigenvalue weighted by molar-refractivity contribution is -0.385. The molecule has 0 bridgehead atoms. The first-order chi connectivity index (χ1) is 16.4. The molecule has 0 atom stereocenters. The predicted octanol–water partition coefficient (Wildman–Crippen LogP) is 4.30. The third kappa shape index (κ3) is 6.05. The first-order valence-corrected chi connectivity index (χ1v) is 12.1. The lowest BCUT2D eigenvalue weighted by Crippen LogP contribution is -2.50. The second kappa shape index (κ2) is 10.9. The van der Waals surface area contributed by atoms with Crippen molar-refractivity contribution in [3.8, 4) is 0 Å². The van der Waals surface area contributed by atoms with Crippen LogP contribution >= 0.6 is 0 Å². The number of hydrogen-bond donors (Lipinski definition) is 1. The number of benzene rings is 2. The Kier molecular flexibility index (Phi) is 7.67. The molecule has 2 aromatic rings. The van der Waals surface area contributed by atoms with E-state index in [1.54, 1.807) is 19.1 Å². The minimum absolute atomic E-state index is 0.0742. The minimum Gasteiger partial charge on any atom is -0.382 e. The van der Waals surface area contributed by atoms with Gasteiger partial charge in [0.25, 0.3) is 5.69 Å². The van der Waals surface area contributed by atoms with Gasteiger partial charge in [0.2, 0.25) is 5.91 Å². The van der Waals surface area contributed by atoms with Gasteiger partial charge in [0.15, 0.2) is 0 Å². The second-order valence-electron chi connectivity index (χ2n) is 9.39. The van der Waals surface area contributed by atoms with Gasteiger partial charge in [-0.3, -0.25) is 14.9 Å². The number of nitrogens with one attached hydrogen (secondary N) is 1. The maximum Gasteiger partial charge on any atom is 0.272 e. The SMILES string of the molecule is Cc1ccc(N2CCN(C(=O)CO[C@H]3CC[C@H](Nc4ccc([N+](=O)[O-])c(C)c4)CC3)CC2)cc1. The highest BCUT2D eigenvalue weighted by Crippen LogP contribution is 2.27. The summed E-state index contributed by atoms with van der Waals surface area (Å²) in [4.78, 5) is 27.5. The largest absolute Gasteiger partial charge is 0.382 e. The normalized spacial score (nSPS) is 20.8. The van der Waals surface area contributed by atoms with Crippen LogP contribution in [-0.4, -0.2) is 60.7 Å². The van der Waals surface area contributed by atoms with Crippen molar-refractivity contribution in [2.75, 3.05) is 43.0 Å². The van der Waals surface area contributed by atoms with Gasteiger partial charge in [0, 0.05) is 55.2 Å². The van der Waals surface area contributed by atoms with E-state index in [1.165, 1.54) is 11.3 Å². The Bertz CT molecular complexity index is 994. The molecule has 34 heavy (non-hydrogen) atoms. The maximum absolute atomic E-state index is 12.7. The Morgan fingerprint density at radius 3 is 2.32 bits per heavy atom. The Hall–Kier alpha value is -3.13. The number of hydrogen-bond acceptors (Lipinski definition) is 6. The number of ether oxygens (including phenoxy) is 1. The zero-order valence-electron chi connectivity index (χ0n) is 20.0. The van der Waals surface area contributed by atoms with Crippen molar-refractivity contribution in [1.82, 2.24) is 4.90 Å². The number of carbonyl (C=O) groups excluding carboxylic acids is 1. The Balaban J connectivity index is 1.16. The Morgan fingerprint density at radius 2 is 1.71 bits per heavy atom. The molecule has 0 radical (unpaired) electrons. The highest BCUT2D eigenvalue weighted by Gasteiger charge is 2.25. The molecular weight excluding hydrogens is 432 g/mol. The molecule has 182 valence electrons. The van der Waals surface area contributed by atoms with Gasteiger partial charge in [-0.15, -0.1) is 0 Å². The minimum atomic E-state index is -0.354. The molecule has 1 amide bonds. The fourth-order valence-electron chi connectivity index (χ4n) is 4.81. The number of nitro benzene ring substituents is 1. The fraction of sp³-hybridized carbons (Fsp3) is 0.500. The van der Waals surface area contributed by atoms with Crippen LogP contribution in [0, 0.1) is 24.0 Å². The highest BCUT2D eigenvalue weighted by atomic mass is 16.6. The molecule has 1 saturated carbocycles. The van der Waals surface area contributed by atoms with Gasteiger partial charge in [0.05, 0.1) is 11.0 Å². The number of anilines is 2. The van der Waals surface area contributed by atoms with Crippen molar-refractivity contribution in [1.29, 1.82) is 0 Å². The van der Waals surface area contributed by atoms with E-state index < -0.39 is 0 Å². The van der Waals surface area contributed by atoms with E-state index in [-0.39, 0.29) is 29.2 Å². The predicted molar refractivity (Wildman–Crippen MR) is 133 cm³/mol. The van der Waals surface area contributed by atoms with Crippen LogP contribution in [0.4, 0.5) is 17.1 Å². The molecule has 2 fully saturated rings. The second-order valence-corrected chi connectivity index (χ2v) is 9.39. The third-order valence-corrected chi connectivity index (χ3v) is 6.91. The van der Waals surface area contributed by atoms with Gasteiger partial charge in [-0.25, -0.2) is 0 Å². The van der Waals surface area contributed by atoms with Crippen molar-refractivity contribution in [3.05, 3.63) is 63.7 Å². The van der Waals surface area contributed by atoms with Crippen molar-refractivity contribution in [2.24, 2.45) is 0 Å². The summed E-state index contributed by atoms with van der Waals surface area (Å²) in [6.07, 6.45) is 3.80. The molecule has 1 saturated heterocycles. The topological polar surface area (TPSA) is 88.0 Å². The van der Waals surface area contributed by atoms with E-state index >= 15 is 0 Å². The quantitative estimate of drug-likeness (QED) is 0.484. The Morgan fingerprint density at radius 1 is 1.03 bits per heavy atom. The molecule has 0 aromatic heterocycles. The number of amides is 1. The van der Waals surface area contributed by atoms with Gasteiger partial charge in [-0.2, -0.15) is 0 Å². The molecule has 2 aliphatic rings. The molecule has 0 spiro atoms. The molecule has 2 aromatic carbocycles. The van der Waals surface area contributed by atoms with Crippen LogP contribution in [0.3, 0.4) is 0 Å². The number of nitrogens with zero attached hydrogens (tertiary/aromatic N) is 3. The first kappa shape index (κ1) is 24.0. The third-order valence-electron chi connectivity index (χ3n) is 6.91. The molecule has 1 aliphatic carbocycles. The van der Waals surface area contributed by atoms with E-state index in [9.17, 15) is 14.9 Å². The van der Waals surface area contributed by atoms with Gasteiger partial charge >= 0.3 is 0 Å². The number of carbonyl (C=O) groups is 1. The summed E-state index contributed by atoms with van der Waals surface area (Å²) < 4.78 is 5.97. The van der Waals surface area contributed by atoms with Crippen molar-refractivity contribution >= 4 is 23.0 Å². The van der Waals surface area contributed by atoms with Crippen LogP contribution in [0.1, 0.15) is 36.8 Å². The van der Waals surface area contributed by atoms with Crippen molar-refractivity contribution in [3.63, 3.8) is 0 Å². The summed E-state index contributed by atoms with van der Waals surface area (Å²) in [6, 6.07) is 14.0. The van der Waals surface area contributed by atoms with Crippen LogP contribution in [0.25, 0.3) is 0 Å². The van der Waals surface area contributed by atoms with Gasteiger partial charge < -0.3 is 19.9 Å². The van der Waals surface area contributed by atoms with Gasteiger partial charge in [-0.05, 0) is 63.8 Å². The standard InChI is InChI=1S/C26H34N4O4/c1-19-3-8-23(9-4-19)28-13-15-29(16-14-28)26(31)18-34-24-10-5-21(6-11-24)27-22-7-12-25(30(32)33)20(2)17-22/h3-4,7-9,12,17,21,24,27H,5-6,10-11,13-16,18H2,1-2H3/t21-,24-. The van der Waals surface area contributed by atoms with Crippen LogP contribution in [-0.2, 0) is 9.53 Å². The lowest BCUT2D eigenvalue weighted by Gasteiger charge is -2.36. The van der Waals surface area contributed by atoms with Crippen molar-refractivity contribution < 1.29 is 14.5 Å². The number of aryl methyl sites for hydroxylation is 2. The fourth-order valence-corrected chi connectivity index (χ4v) is 4.81. The van der Waals surface area contributed by atoms with E-state index in [2.05, 4.69) is 41.4 Å². The number of rotatable bonds is 7. The van der Waals surface area contributed by atoms with Gasteiger partial charge in [0.1, 0.15) is 6.61 Å². The zero-order valence-corrected chi connectivity index (χ0v) is 20.0. The molecule has 4 rings (SSSR count). The van der Waals surface area contributed by atoms with E-state index in [0.717, 1.165) is 57.5 Å². The molecule has 1 N–H and O–H groups in total. The summed E-state index contributed by atoms with van der Waals surface area (Å²) in [6.45, 7) is 7.12. The van der Waals surface area contributed by atoms with E-state index in [4.69, 9.17) is 4.74 Å². The van der Waals surface area contributed by atoms with Crippen molar-refractivity contribution in [2.45, 2.75) is 51.7 Å². The van der Waals surface area contributed by atoms with Crippen LogP contribution in [0.5, 0.6) is 0 Å². The van der Waals surface area contributed by atoms with Gasteiger partial charge in [-0.1, -0.05) is 17.7 Å². The maximum atomic E-state index is 12.7. The molecular formula is C26H34N4O4. The monoisotopic (exact) mass is 466 g/mol. The summed E-state index contributed by atoms with van der Waals surface area (Å²) in [7, 11) is 0. The first-order valence-electron chi connectivity index (χ1n) is 12.1. The number of piperazine rings is 1.